The summed E-state index contributed by atoms with van der Waals surface area (Å²) in [6.07, 6.45) is -0.222. The Morgan fingerprint density at radius 2 is 1.43 bits per heavy atom. The van der Waals surface area contributed by atoms with Crippen LogP contribution in [0.5, 0.6) is 0 Å². The van der Waals surface area contributed by atoms with Gasteiger partial charge in [0, 0.05) is 6.42 Å². The molecule has 3 amide bonds. The zero-order valence-corrected chi connectivity index (χ0v) is 20.5. The van der Waals surface area contributed by atoms with Gasteiger partial charge in [0.25, 0.3) is 0 Å². The normalized spacial score (nSPS) is 15.3. The van der Waals surface area contributed by atoms with Crippen molar-refractivity contribution in [3.8, 4) is 0 Å². The predicted octanol–water partition coefficient (Wildman–Crippen LogP) is 0.272. The van der Waals surface area contributed by atoms with Crippen LogP contribution in [-0.2, 0) is 30.4 Å². The Balaban J connectivity index is 3.04. The van der Waals surface area contributed by atoms with Gasteiger partial charge < -0.3 is 31.9 Å². The van der Waals surface area contributed by atoms with E-state index in [1.165, 1.54) is 0 Å². The number of carboxylic acid groups (broad SMARTS) is 2. The lowest BCUT2D eigenvalue weighted by atomic mass is 9.96. The molecule has 35 heavy (non-hydrogen) atoms. The number of rotatable bonds is 14. The summed E-state index contributed by atoms with van der Waals surface area (Å²) >= 11 is 0. The van der Waals surface area contributed by atoms with Gasteiger partial charge in [-0.3, -0.25) is 19.2 Å². The molecule has 1 aromatic carbocycles. The van der Waals surface area contributed by atoms with Crippen LogP contribution >= 0.6 is 0 Å². The number of aliphatic carboxylic acids is 2. The van der Waals surface area contributed by atoms with Crippen molar-refractivity contribution in [2.45, 2.75) is 71.1 Å². The summed E-state index contributed by atoms with van der Waals surface area (Å²) in [5.41, 5.74) is 6.50. The summed E-state index contributed by atoms with van der Waals surface area (Å²) in [6, 6.07) is 3.93. The SMILES string of the molecule is CCC(C)C(NC(=O)C(CC(=O)O)NC(=O)C(N)C(C)C)C(=O)NC(Cc1ccccc1)C(=O)O. The predicted molar refractivity (Wildman–Crippen MR) is 128 cm³/mol. The van der Waals surface area contributed by atoms with E-state index in [-0.39, 0.29) is 12.3 Å². The molecule has 0 heterocycles. The lowest BCUT2D eigenvalue weighted by Gasteiger charge is -2.28. The maximum Gasteiger partial charge on any atom is 0.326 e. The van der Waals surface area contributed by atoms with Crippen molar-refractivity contribution in [1.82, 2.24) is 16.0 Å². The first-order valence-corrected chi connectivity index (χ1v) is 11.5. The highest BCUT2D eigenvalue weighted by Gasteiger charge is 2.33. The van der Waals surface area contributed by atoms with Crippen molar-refractivity contribution in [2.75, 3.05) is 0 Å². The molecule has 0 saturated carbocycles. The summed E-state index contributed by atoms with van der Waals surface area (Å²) in [7, 11) is 0. The van der Waals surface area contributed by atoms with E-state index in [4.69, 9.17) is 5.73 Å². The Kier molecular flexibility index (Phi) is 11.9. The number of carboxylic acids is 2. The van der Waals surface area contributed by atoms with Crippen LogP contribution < -0.4 is 21.7 Å². The third-order valence-corrected chi connectivity index (χ3v) is 5.72. The van der Waals surface area contributed by atoms with E-state index < -0.39 is 66.2 Å². The number of benzene rings is 1. The average molecular weight is 493 g/mol. The molecular formula is C24H36N4O7. The Morgan fingerprint density at radius 1 is 0.857 bits per heavy atom. The third kappa shape index (κ3) is 9.73. The van der Waals surface area contributed by atoms with Gasteiger partial charge in [0.2, 0.25) is 17.7 Å². The minimum atomic E-state index is -1.47. The van der Waals surface area contributed by atoms with Gasteiger partial charge in [-0.2, -0.15) is 0 Å². The Labute approximate surface area is 204 Å². The largest absolute Gasteiger partial charge is 0.481 e. The molecule has 0 aliphatic carbocycles. The Bertz CT molecular complexity index is 891. The summed E-state index contributed by atoms with van der Waals surface area (Å²) in [5.74, 6) is -5.54. The second-order valence-corrected chi connectivity index (χ2v) is 8.89. The van der Waals surface area contributed by atoms with Gasteiger partial charge in [0.05, 0.1) is 12.5 Å². The van der Waals surface area contributed by atoms with Crippen LogP contribution in [0.25, 0.3) is 0 Å². The van der Waals surface area contributed by atoms with E-state index in [1.54, 1.807) is 58.0 Å². The van der Waals surface area contributed by atoms with E-state index in [0.29, 0.717) is 12.0 Å². The summed E-state index contributed by atoms with van der Waals surface area (Å²) in [6.45, 7) is 6.88. The van der Waals surface area contributed by atoms with Crippen LogP contribution in [0.3, 0.4) is 0 Å². The number of amides is 3. The molecule has 0 aliphatic rings. The molecule has 1 aromatic rings. The highest BCUT2D eigenvalue weighted by Crippen LogP contribution is 2.11. The van der Waals surface area contributed by atoms with Crippen LogP contribution in [0, 0.1) is 11.8 Å². The number of hydrogen-bond acceptors (Lipinski definition) is 6. The number of hydrogen-bond donors (Lipinski definition) is 6. The van der Waals surface area contributed by atoms with E-state index in [9.17, 15) is 34.2 Å². The lowest BCUT2D eigenvalue weighted by Crippen LogP contribution is -2.59. The van der Waals surface area contributed by atoms with Gasteiger partial charge in [-0.25, -0.2) is 4.79 Å². The molecule has 0 bridgehead atoms. The number of nitrogens with one attached hydrogen (secondary N) is 3. The molecule has 0 spiro atoms. The first-order chi connectivity index (χ1) is 16.4. The van der Waals surface area contributed by atoms with Gasteiger partial charge in [-0.1, -0.05) is 64.4 Å². The van der Waals surface area contributed by atoms with Gasteiger partial charge in [0.15, 0.2) is 0 Å². The smallest absolute Gasteiger partial charge is 0.326 e. The fraction of sp³-hybridized carbons (Fsp3) is 0.542. The number of carbonyl (C=O) groups excluding carboxylic acids is 3. The van der Waals surface area contributed by atoms with Crippen LogP contribution in [0.1, 0.15) is 46.1 Å². The first kappa shape index (κ1) is 29.6. The maximum absolute atomic E-state index is 13.0. The molecule has 0 radical (unpaired) electrons. The van der Waals surface area contributed by atoms with Crippen LogP contribution in [-0.4, -0.2) is 64.0 Å². The summed E-state index contributed by atoms with van der Waals surface area (Å²) in [4.78, 5) is 61.4. The van der Waals surface area contributed by atoms with Crippen molar-refractivity contribution in [3.05, 3.63) is 35.9 Å². The van der Waals surface area contributed by atoms with Crippen molar-refractivity contribution in [2.24, 2.45) is 17.6 Å². The summed E-state index contributed by atoms with van der Waals surface area (Å²) < 4.78 is 0. The fourth-order valence-corrected chi connectivity index (χ4v) is 3.22. The molecular weight excluding hydrogens is 456 g/mol. The molecule has 0 saturated heterocycles. The highest BCUT2D eigenvalue weighted by atomic mass is 16.4. The van der Waals surface area contributed by atoms with Crippen molar-refractivity contribution in [1.29, 1.82) is 0 Å². The van der Waals surface area contributed by atoms with E-state index >= 15 is 0 Å². The Hall–Kier alpha value is -3.47. The molecule has 5 unspecified atom stereocenters. The van der Waals surface area contributed by atoms with Crippen molar-refractivity contribution >= 4 is 29.7 Å². The molecule has 0 aromatic heterocycles. The molecule has 7 N–H and O–H groups in total. The quantitative estimate of drug-likeness (QED) is 0.213. The van der Waals surface area contributed by atoms with Crippen molar-refractivity contribution < 1.29 is 34.2 Å². The highest BCUT2D eigenvalue weighted by molar-refractivity contribution is 5.95. The van der Waals surface area contributed by atoms with Gasteiger partial charge in [-0.15, -0.1) is 0 Å². The second-order valence-electron chi connectivity index (χ2n) is 8.89. The molecule has 5 atom stereocenters. The van der Waals surface area contributed by atoms with Gasteiger partial charge >= 0.3 is 11.9 Å². The minimum Gasteiger partial charge on any atom is -0.481 e. The molecule has 1 rings (SSSR count). The van der Waals surface area contributed by atoms with Gasteiger partial charge in [-0.05, 0) is 17.4 Å². The lowest BCUT2D eigenvalue weighted by molar-refractivity contribution is -0.143. The molecule has 11 nitrogen and oxygen atoms in total. The molecule has 0 aliphatic heterocycles. The monoisotopic (exact) mass is 492 g/mol. The number of carbonyl (C=O) groups is 5. The zero-order chi connectivity index (χ0) is 26.7. The second kappa shape index (κ2) is 14.1. The zero-order valence-electron chi connectivity index (χ0n) is 20.5. The van der Waals surface area contributed by atoms with E-state index in [1.807, 2.05) is 0 Å². The van der Waals surface area contributed by atoms with Crippen LogP contribution in [0.2, 0.25) is 0 Å². The van der Waals surface area contributed by atoms with E-state index in [0.717, 1.165) is 0 Å². The fourth-order valence-electron chi connectivity index (χ4n) is 3.22. The third-order valence-electron chi connectivity index (χ3n) is 5.72. The first-order valence-electron chi connectivity index (χ1n) is 11.5. The summed E-state index contributed by atoms with van der Waals surface area (Å²) in [5, 5.41) is 26.1. The maximum atomic E-state index is 13.0. The standard InChI is InChI=1S/C24H36N4O7/c1-5-14(4)20(23(33)27-17(24(34)35)11-15-9-7-6-8-10-15)28-21(31)16(12-18(29)30)26-22(32)19(25)13(2)3/h6-10,13-14,16-17,19-20H,5,11-12,25H2,1-4H3,(H,26,32)(H,27,33)(H,28,31)(H,29,30)(H,34,35). The van der Waals surface area contributed by atoms with Crippen LogP contribution in [0.4, 0.5) is 0 Å². The molecule has 194 valence electrons. The Morgan fingerprint density at radius 3 is 1.91 bits per heavy atom. The molecule has 0 fully saturated rings. The average Bonchev–Trinajstić information content (AvgIpc) is 2.80. The molecule has 11 heteroatoms. The van der Waals surface area contributed by atoms with Crippen LogP contribution in [0.15, 0.2) is 30.3 Å². The topological polar surface area (TPSA) is 188 Å². The van der Waals surface area contributed by atoms with E-state index in [2.05, 4.69) is 16.0 Å². The number of nitrogens with two attached hydrogens (primary N) is 1. The van der Waals surface area contributed by atoms with Crippen molar-refractivity contribution in [3.63, 3.8) is 0 Å². The minimum absolute atomic E-state index is 0.0356. The van der Waals surface area contributed by atoms with Gasteiger partial charge in [0.1, 0.15) is 18.1 Å².